The summed E-state index contributed by atoms with van der Waals surface area (Å²) < 4.78 is 10.1. The van der Waals surface area contributed by atoms with Crippen LogP contribution in [0.2, 0.25) is 15.1 Å². The number of nitro groups is 3. The Hall–Kier alpha value is -5.22. The van der Waals surface area contributed by atoms with Gasteiger partial charge in [-0.3, -0.25) is 35.1 Å². The Morgan fingerprint density at radius 1 is 0.547 bits per heavy atom. The van der Waals surface area contributed by atoms with Crippen molar-refractivity contribution >= 4 is 128 Å². The van der Waals surface area contributed by atoms with Gasteiger partial charge in [0.15, 0.2) is 5.78 Å². The van der Waals surface area contributed by atoms with Crippen LogP contribution in [0.4, 0.5) is 17.1 Å². The van der Waals surface area contributed by atoms with Gasteiger partial charge in [-0.05, 0) is 78.0 Å². The molecule has 0 N–H and O–H groups in total. The molecule has 0 aliphatic heterocycles. The van der Waals surface area contributed by atoms with Crippen LogP contribution in [0.25, 0.3) is 0 Å². The largest absolute Gasteiger partial charge is 0.465 e. The third kappa shape index (κ3) is 16.7. The number of carbonyl (C=O) groups excluding carboxylic acids is 3. The molecule has 21 heteroatoms. The van der Waals surface area contributed by atoms with E-state index in [0.29, 0.717) is 46.3 Å². The molecule has 0 aromatic heterocycles. The lowest BCUT2D eigenvalue weighted by Gasteiger charge is -2.08. The molecule has 0 heterocycles. The van der Waals surface area contributed by atoms with Crippen LogP contribution in [0.5, 0.6) is 0 Å². The van der Waals surface area contributed by atoms with Gasteiger partial charge in [0.05, 0.1) is 55.2 Å². The van der Waals surface area contributed by atoms with E-state index in [9.17, 15) is 44.7 Å². The molecule has 6 rings (SSSR count). The molecular formula is C43H35Cl3IN3O11S3. The first-order valence-corrected chi connectivity index (χ1v) is 21.6. The lowest BCUT2D eigenvalue weighted by atomic mass is 10.1. The summed E-state index contributed by atoms with van der Waals surface area (Å²) in [4.78, 5) is 67.7. The van der Waals surface area contributed by atoms with Gasteiger partial charge in [0.25, 0.3) is 17.1 Å². The quantitative estimate of drug-likeness (QED) is 0.0340. The van der Waals surface area contributed by atoms with E-state index in [2.05, 4.69) is 17.4 Å². The minimum absolute atomic E-state index is 0. The highest BCUT2D eigenvalue weighted by Crippen LogP contribution is 2.38. The topological polar surface area (TPSA) is 199 Å². The molecule has 0 saturated carbocycles. The molecule has 0 fully saturated rings. The van der Waals surface area contributed by atoms with Crippen molar-refractivity contribution in [2.75, 3.05) is 14.2 Å². The number of thiol groups is 1. The fraction of sp³-hybridized carbons (Fsp3) is 0.0930. The van der Waals surface area contributed by atoms with Crippen molar-refractivity contribution in [3.63, 3.8) is 0 Å². The molecule has 0 atom stereocenters. The highest BCUT2D eigenvalue weighted by Gasteiger charge is 2.16. The van der Waals surface area contributed by atoms with Gasteiger partial charge < -0.3 is 9.47 Å². The Morgan fingerprint density at radius 2 is 0.906 bits per heavy atom. The van der Waals surface area contributed by atoms with Crippen LogP contribution in [-0.4, -0.2) is 46.7 Å². The molecule has 14 nitrogen and oxygen atoms in total. The monoisotopic (exact) mass is 1100 g/mol. The average molecular weight is 1100 g/mol. The first kappa shape index (κ1) is 54.9. The number of nitro benzene ring substituents is 3. The van der Waals surface area contributed by atoms with Crippen molar-refractivity contribution in [3.8, 4) is 0 Å². The molecule has 334 valence electrons. The number of ketones is 1. The number of rotatable bonds is 10. The van der Waals surface area contributed by atoms with Gasteiger partial charge >= 0.3 is 11.9 Å². The number of Topliss-reactive ketones (excluding diaryl/α,β-unsaturated/α-hetero) is 1. The molecule has 64 heavy (non-hydrogen) atoms. The molecule has 0 aliphatic rings. The molecule has 0 bridgehead atoms. The Bertz CT molecular complexity index is 2660. The normalized spacial score (nSPS) is 9.81. The minimum atomic E-state index is -0.511. The van der Waals surface area contributed by atoms with Gasteiger partial charge in [0.1, 0.15) is 0 Å². The van der Waals surface area contributed by atoms with E-state index in [1.165, 1.54) is 81.1 Å². The van der Waals surface area contributed by atoms with E-state index in [-0.39, 0.29) is 41.3 Å². The maximum Gasteiger partial charge on any atom is 0.339 e. The second-order valence-corrected chi connectivity index (χ2v) is 16.9. The summed E-state index contributed by atoms with van der Waals surface area (Å²) in [5.74, 6) is -0.835. The van der Waals surface area contributed by atoms with Crippen molar-refractivity contribution in [1.82, 2.24) is 0 Å². The maximum atomic E-state index is 11.7. The molecular weight excluding hydrogens is 1060 g/mol. The maximum absolute atomic E-state index is 11.7. The Balaban J connectivity index is 0.000000304. The second-order valence-electron chi connectivity index (χ2n) is 11.9. The summed E-state index contributed by atoms with van der Waals surface area (Å²) in [6, 6.07) is 34.0. The second kappa shape index (κ2) is 27.2. The number of esters is 2. The van der Waals surface area contributed by atoms with Gasteiger partial charge in [-0.15, -0.1) is 12.6 Å². The summed E-state index contributed by atoms with van der Waals surface area (Å²) in [6.07, 6.45) is 0. The van der Waals surface area contributed by atoms with E-state index in [0.717, 1.165) is 8.47 Å². The zero-order chi connectivity index (χ0) is 46.8. The summed E-state index contributed by atoms with van der Waals surface area (Å²) in [5, 5.41) is 32.5. The summed E-state index contributed by atoms with van der Waals surface area (Å²) >= 11 is 26.4. The van der Waals surface area contributed by atoms with Gasteiger partial charge in [-0.1, -0.05) is 108 Å². The number of ether oxygens (including phenoxy) is 2. The molecule has 0 aliphatic carbocycles. The van der Waals surface area contributed by atoms with Crippen LogP contribution in [0.1, 0.15) is 45.4 Å². The molecule has 0 amide bonds. The molecule has 0 radical (unpaired) electrons. The smallest absolute Gasteiger partial charge is 0.339 e. The number of methoxy groups -OCH3 is 2. The van der Waals surface area contributed by atoms with Crippen molar-refractivity contribution in [1.29, 1.82) is 0 Å². The molecule has 0 saturated heterocycles. The van der Waals surface area contributed by atoms with Gasteiger partial charge in [-0.2, -0.15) is 0 Å². The number of hydrogen-bond donors (Lipinski definition) is 1. The predicted octanol–water partition coefficient (Wildman–Crippen LogP) is 14.0. The predicted molar refractivity (Wildman–Crippen MR) is 261 cm³/mol. The summed E-state index contributed by atoms with van der Waals surface area (Å²) in [7, 11) is 2.66. The van der Waals surface area contributed by atoms with Crippen LogP contribution < -0.4 is 0 Å². The molecule has 0 unspecified atom stereocenters. The van der Waals surface area contributed by atoms with E-state index in [1.807, 2.05) is 40.8 Å². The number of nitrogens with zero attached hydrogens (tertiary/aromatic N) is 3. The lowest BCUT2D eigenvalue weighted by Crippen LogP contribution is -2.02. The van der Waals surface area contributed by atoms with Crippen LogP contribution in [-0.2, 0) is 9.47 Å². The van der Waals surface area contributed by atoms with Crippen molar-refractivity contribution in [3.05, 3.63) is 193 Å². The SMILES string of the molecule is C.CC(=O)c1ccccc1Sc1ccc([N+](=O)[O-])cc1Cl.COC(=O)c1ccccc1S.COC(=O)c1ccccc1Sc1ccc([N+](=O)[O-])cc1Cl.O=[N+]([O-])c1ccc(I)c(Cl)c1. The third-order valence-electron chi connectivity index (χ3n) is 7.67. The van der Waals surface area contributed by atoms with E-state index in [1.54, 1.807) is 72.8 Å². The Kier molecular flexibility index (Phi) is 23.3. The zero-order valence-corrected chi connectivity index (χ0v) is 39.7. The van der Waals surface area contributed by atoms with Crippen LogP contribution in [0.15, 0.2) is 152 Å². The number of non-ortho nitro benzene ring substituents is 3. The zero-order valence-electron chi connectivity index (χ0n) is 32.7. The average Bonchev–Trinajstić information content (AvgIpc) is 3.26. The van der Waals surface area contributed by atoms with Crippen molar-refractivity contribution < 1.29 is 38.6 Å². The Morgan fingerprint density at radius 3 is 1.30 bits per heavy atom. The minimum Gasteiger partial charge on any atom is -0.465 e. The number of hydrogen-bond acceptors (Lipinski definition) is 14. The number of halogens is 4. The van der Waals surface area contributed by atoms with Gasteiger partial charge in [-0.25, -0.2) is 9.59 Å². The number of benzene rings is 6. The Labute approximate surface area is 410 Å². The molecule has 6 aromatic carbocycles. The highest BCUT2D eigenvalue weighted by molar-refractivity contribution is 14.1. The highest BCUT2D eigenvalue weighted by atomic mass is 127. The lowest BCUT2D eigenvalue weighted by molar-refractivity contribution is -0.385. The van der Waals surface area contributed by atoms with E-state index >= 15 is 0 Å². The van der Waals surface area contributed by atoms with Crippen molar-refractivity contribution in [2.24, 2.45) is 0 Å². The first-order chi connectivity index (χ1) is 29.9. The van der Waals surface area contributed by atoms with Crippen LogP contribution in [0.3, 0.4) is 0 Å². The van der Waals surface area contributed by atoms with E-state index in [4.69, 9.17) is 39.5 Å². The third-order valence-corrected chi connectivity index (χ3v) is 12.8. The molecule has 0 spiro atoms. The van der Waals surface area contributed by atoms with Gasteiger partial charge in [0.2, 0.25) is 0 Å². The first-order valence-electron chi connectivity index (χ1n) is 17.3. The fourth-order valence-corrected chi connectivity index (χ4v) is 7.92. The van der Waals surface area contributed by atoms with E-state index < -0.39 is 20.7 Å². The van der Waals surface area contributed by atoms with Crippen LogP contribution in [0, 0.1) is 33.9 Å². The van der Waals surface area contributed by atoms with Crippen LogP contribution >= 0.6 is 93.5 Å². The fourth-order valence-electron chi connectivity index (χ4n) is 4.64. The van der Waals surface area contributed by atoms with Gasteiger partial charge in [0, 0.05) is 70.0 Å². The summed E-state index contributed by atoms with van der Waals surface area (Å²) in [5.41, 5.74) is 1.41. The van der Waals surface area contributed by atoms with Crippen molar-refractivity contribution in [2.45, 2.75) is 38.8 Å². The number of carbonyl (C=O) groups is 3. The summed E-state index contributed by atoms with van der Waals surface area (Å²) in [6.45, 7) is 1.50. The molecule has 6 aromatic rings. The standard InChI is InChI=1S/C14H10ClNO4S.C14H10ClNO3S.C8H8O2S.C6H3ClINO2.CH4/c1-20-14(17)10-4-2-3-5-12(10)21-13-7-6-9(16(18)19)8-11(13)15;1-9(17)11-4-2-3-5-13(11)20-14-7-6-10(16(18)19)8-12(14)15;1-10-8(9)6-4-2-3-5-7(6)11;7-5-3-4(9(10)11)1-2-6(5)8;/h2-8H,1H3;2-8H,1H3;2-5,11H,1H3;1-3H;1H4.